The van der Waals surface area contributed by atoms with Crippen LogP contribution in [0.4, 0.5) is 5.69 Å². The Morgan fingerprint density at radius 3 is 2.67 bits per heavy atom. The Kier molecular flexibility index (Phi) is 4.24. The minimum atomic E-state index is -0.0321. The Balaban J connectivity index is 2.01. The molecule has 0 aromatic heterocycles. The van der Waals surface area contributed by atoms with E-state index >= 15 is 0 Å². The summed E-state index contributed by atoms with van der Waals surface area (Å²) in [7, 11) is 0. The number of phenolic OH excluding ortho intramolecular Hbond substituents is 1. The lowest BCUT2D eigenvalue weighted by molar-refractivity contribution is -0.120. The number of benzene rings is 1. The van der Waals surface area contributed by atoms with E-state index in [0.717, 1.165) is 25.7 Å². The van der Waals surface area contributed by atoms with Crippen molar-refractivity contribution >= 4 is 27.5 Å². The van der Waals surface area contributed by atoms with Crippen LogP contribution >= 0.6 is 15.9 Å². The van der Waals surface area contributed by atoms with Crippen molar-refractivity contribution in [3.63, 3.8) is 0 Å². The first-order valence-electron chi connectivity index (χ1n) is 6.12. The number of nitrogens with one attached hydrogen (secondary N) is 1. The SMILES string of the molecule is NC1CCC(C(=O)Nc2cccc(Br)c2O)CC1. The molecular weight excluding hydrogens is 296 g/mol. The van der Waals surface area contributed by atoms with Crippen molar-refractivity contribution in [2.75, 3.05) is 5.32 Å². The molecule has 0 unspecified atom stereocenters. The van der Waals surface area contributed by atoms with Gasteiger partial charge in [-0.25, -0.2) is 0 Å². The van der Waals surface area contributed by atoms with Gasteiger partial charge >= 0.3 is 0 Å². The van der Waals surface area contributed by atoms with Crippen LogP contribution in [0.2, 0.25) is 0 Å². The maximum Gasteiger partial charge on any atom is 0.227 e. The van der Waals surface area contributed by atoms with Crippen molar-refractivity contribution in [3.8, 4) is 5.75 Å². The number of carbonyl (C=O) groups excluding carboxylic acids is 1. The molecule has 2 rings (SSSR count). The van der Waals surface area contributed by atoms with E-state index < -0.39 is 0 Å². The zero-order valence-electron chi connectivity index (χ0n) is 10.0. The first kappa shape index (κ1) is 13.4. The monoisotopic (exact) mass is 312 g/mol. The largest absolute Gasteiger partial charge is 0.505 e. The third-order valence-electron chi connectivity index (χ3n) is 3.39. The fourth-order valence-corrected chi connectivity index (χ4v) is 2.60. The molecule has 0 radical (unpaired) electrons. The number of anilines is 1. The van der Waals surface area contributed by atoms with Gasteiger partial charge in [0.25, 0.3) is 0 Å². The second kappa shape index (κ2) is 5.71. The van der Waals surface area contributed by atoms with Gasteiger partial charge in [-0.1, -0.05) is 6.07 Å². The topological polar surface area (TPSA) is 75.4 Å². The molecule has 1 aliphatic carbocycles. The van der Waals surface area contributed by atoms with Crippen LogP contribution in [0.15, 0.2) is 22.7 Å². The van der Waals surface area contributed by atoms with Crippen LogP contribution in [-0.4, -0.2) is 17.1 Å². The molecule has 0 spiro atoms. The molecule has 0 bridgehead atoms. The average Bonchev–Trinajstić information content (AvgIpc) is 2.36. The summed E-state index contributed by atoms with van der Waals surface area (Å²) in [4.78, 5) is 12.1. The number of hydrogen-bond donors (Lipinski definition) is 3. The van der Waals surface area contributed by atoms with Crippen molar-refractivity contribution in [2.24, 2.45) is 11.7 Å². The zero-order valence-corrected chi connectivity index (χ0v) is 11.6. The highest BCUT2D eigenvalue weighted by Gasteiger charge is 2.25. The van der Waals surface area contributed by atoms with Gasteiger partial charge in [-0.3, -0.25) is 4.79 Å². The summed E-state index contributed by atoms with van der Waals surface area (Å²) in [6, 6.07) is 5.42. The molecule has 1 saturated carbocycles. The van der Waals surface area contributed by atoms with Gasteiger partial charge in [-0.2, -0.15) is 0 Å². The summed E-state index contributed by atoms with van der Waals surface area (Å²) < 4.78 is 0.575. The fourth-order valence-electron chi connectivity index (χ4n) is 2.23. The summed E-state index contributed by atoms with van der Waals surface area (Å²) in [6.07, 6.45) is 3.43. The lowest BCUT2D eigenvalue weighted by Crippen LogP contribution is -2.32. The predicted molar refractivity (Wildman–Crippen MR) is 74.4 cm³/mol. The molecule has 5 heteroatoms. The Morgan fingerprint density at radius 1 is 1.33 bits per heavy atom. The molecule has 18 heavy (non-hydrogen) atoms. The molecule has 1 aromatic carbocycles. The summed E-state index contributed by atoms with van der Waals surface area (Å²) in [6.45, 7) is 0. The van der Waals surface area contributed by atoms with E-state index in [1.807, 2.05) is 0 Å². The van der Waals surface area contributed by atoms with E-state index in [0.29, 0.717) is 10.2 Å². The van der Waals surface area contributed by atoms with Gasteiger partial charge in [0.1, 0.15) is 0 Å². The van der Waals surface area contributed by atoms with Crippen molar-refractivity contribution in [2.45, 2.75) is 31.7 Å². The van der Waals surface area contributed by atoms with E-state index in [-0.39, 0.29) is 23.6 Å². The molecule has 98 valence electrons. The molecule has 4 N–H and O–H groups in total. The van der Waals surface area contributed by atoms with Gasteiger partial charge in [0, 0.05) is 12.0 Å². The van der Waals surface area contributed by atoms with Crippen LogP contribution in [-0.2, 0) is 4.79 Å². The predicted octanol–water partition coefficient (Wildman–Crippen LogP) is 2.61. The number of nitrogens with two attached hydrogens (primary N) is 1. The van der Waals surface area contributed by atoms with E-state index in [1.165, 1.54) is 0 Å². The smallest absolute Gasteiger partial charge is 0.227 e. The zero-order chi connectivity index (χ0) is 13.1. The standard InChI is InChI=1S/C13H17BrN2O2/c14-10-2-1-3-11(12(10)17)16-13(18)8-4-6-9(15)7-5-8/h1-3,8-9,17H,4-7,15H2,(H,16,18). The molecule has 1 aromatic rings. The van der Waals surface area contributed by atoms with Gasteiger partial charge in [0.15, 0.2) is 5.75 Å². The summed E-state index contributed by atoms with van der Waals surface area (Å²) in [5.74, 6) is 0.0387. The van der Waals surface area contributed by atoms with Crippen LogP contribution < -0.4 is 11.1 Å². The minimum Gasteiger partial charge on any atom is -0.505 e. The summed E-state index contributed by atoms with van der Waals surface area (Å²) in [5.41, 5.74) is 6.26. The molecule has 0 atom stereocenters. The van der Waals surface area contributed by atoms with E-state index in [9.17, 15) is 9.90 Å². The van der Waals surface area contributed by atoms with Gasteiger partial charge in [0.05, 0.1) is 10.2 Å². The number of para-hydroxylation sites is 1. The highest BCUT2D eigenvalue weighted by molar-refractivity contribution is 9.10. The van der Waals surface area contributed by atoms with E-state index in [1.54, 1.807) is 18.2 Å². The number of aromatic hydroxyl groups is 1. The van der Waals surface area contributed by atoms with Crippen LogP contribution in [0, 0.1) is 5.92 Å². The number of carbonyl (C=O) groups is 1. The van der Waals surface area contributed by atoms with Gasteiger partial charge in [-0.15, -0.1) is 0 Å². The fraction of sp³-hybridized carbons (Fsp3) is 0.462. The molecule has 4 nitrogen and oxygen atoms in total. The highest BCUT2D eigenvalue weighted by Crippen LogP contribution is 2.32. The lowest BCUT2D eigenvalue weighted by atomic mass is 9.86. The van der Waals surface area contributed by atoms with Crippen molar-refractivity contribution < 1.29 is 9.90 Å². The number of phenols is 1. The van der Waals surface area contributed by atoms with Crippen LogP contribution in [0.1, 0.15) is 25.7 Å². The number of hydrogen-bond acceptors (Lipinski definition) is 3. The molecule has 1 amide bonds. The Hall–Kier alpha value is -1.07. The first-order valence-corrected chi connectivity index (χ1v) is 6.91. The molecule has 0 heterocycles. The second-order valence-electron chi connectivity index (χ2n) is 4.74. The van der Waals surface area contributed by atoms with Crippen molar-refractivity contribution in [3.05, 3.63) is 22.7 Å². The molecule has 1 aliphatic rings. The van der Waals surface area contributed by atoms with Crippen molar-refractivity contribution in [1.82, 2.24) is 0 Å². The maximum atomic E-state index is 12.1. The molecule has 0 aliphatic heterocycles. The summed E-state index contributed by atoms with van der Waals surface area (Å²) >= 11 is 3.22. The van der Waals surface area contributed by atoms with Gasteiger partial charge < -0.3 is 16.2 Å². The Morgan fingerprint density at radius 2 is 2.00 bits per heavy atom. The third-order valence-corrected chi connectivity index (χ3v) is 4.03. The minimum absolute atomic E-state index is 0.00295. The van der Waals surface area contributed by atoms with Crippen molar-refractivity contribution in [1.29, 1.82) is 0 Å². The van der Waals surface area contributed by atoms with Crippen LogP contribution in [0.25, 0.3) is 0 Å². The molecular formula is C13H17BrN2O2. The molecule has 0 saturated heterocycles. The lowest BCUT2D eigenvalue weighted by Gasteiger charge is -2.25. The summed E-state index contributed by atoms with van der Waals surface area (Å²) in [5, 5.41) is 12.6. The number of rotatable bonds is 2. The van der Waals surface area contributed by atoms with Crippen LogP contribution in [0.5, 0.6) is 5.75 Å². The quantitative estimate of drug-likeness (QED) is 0.735. The van der Waals surface area contributed by atoms with E-state index in [4.69, 9.17) is 5.73 Å². The number of halogens is 1. The Labute approximate surface area is 115 Å². The molecule has 1 fully saturated rings. The third kappa shape index (κ3) is 3.03. The second-order valence-corrected chi connectivity index (χ2v) is 5.59. The first-order chi connectivity index (χ1) is 8.58. The highest BCUT2D eigenvalue weighted by atomic mass is 79.9. The van der Waals surface area contributed by atoms with Gasteiger partial charge in [-0.05, 0) is 53.7 Å². The number of amides is 1. The van der Waals surface area contributed by atoms with E-state index in [2.05, 4.69) is 21.2 Å². The van der Waals surface area contributed by atoms with Gasteiger partial charge in [0.2, 0.25) is 5.91 Å². The normalized spacial score (nSPS) is 23.7. The Bertz CT molecular complexity index is 443. The average molecular weight is 313 g/mol. The van der Waals surface area contributed by atoms with Crippen LogP contribution in [0.3, 0.4) is 0 Å². The maximum absolute atomic E-state index is 12.1.